The van der Waals surface area contributed by atoms with Crippen molar-refractivity contribution < 1.29 is 14.6 Å². The Balaban J connectivity index is 2.20. The number of aryl methyl sites for hydroxylation is 1. The summed E-state index contributed by atoms with van der Waals surface area (Å²) in [5.74, 6) is 1.52. The fraction of sp³-hybridized carbons (Fsp3) is 0.294. The van der Waals surface area contributed by atoms with Crippen molar-refractivity contribution >= 4 is 0 Å². The topological polar surface area (TPSA) is 38.7 Å². The van der Waals surface area contributed by atoms with Crippen LogP contribution in [0.25, 0.3) is 0 Å². The molecule has 0 fully saturated rings. The van der Waals surface area contributed by atoms with Crippen LogP contribution in [0, 0.1) is 6.92 Å². The monoisotopic (exact) mass is 272 g/mol. The van der Waals surface area contributed by atoms with Crippen molar-refractivity contribution in [1.82, 2.24) is 0 Å². The van der Waals surface area contributed by atoms with Gasteiger partial charge in [-0.25, -0.2) is 0 Å². The number of methoxy groups -OCH3 is 1. The van der Waals surface area contributed by atoms with E-state index in [1.165, 1.54) is 0 Å². The van der Waals surface area contributed by atoms with Crippen molar-refractivity contribution in [2.24, 2.45) is 0 Å². The van der Waals surface area contributed by atoms with Gasteiger partial charge in [-0.2, -0.15) is 0 Å². The third kappa shape index (κ3) is 3.31. The molecule has 0 unspecified atom stereocenters. The summed E-state index contributed by atoms with van der Waals surface area (Å²) in [5, 5.41) is 9.79. The molecule has 2 aromatic carbocycles. The van der Waals surface area contributed by atoms with Crippen LogP contribution in [-0.4, -0.2) is 12.2 Å². The lowest BCUT2D eigenvalue weighted by Crippen LogP contribution is -2.02. The smallest absolute Gasteiger partial charge is 0.125 e. The van der Waals surface area contributed by atoms with Crippen LogP contribution in [0.4, 0.5) is 0 Å². The van der Waals surface area contributed by atoms with Gasteiger partial charge >= 0.3 is 0 Å². The summed E-state index contributed by atoms with van der Waals surface area (Å²) in [5.41, 5.74) is 2.88. The molecular formula is C17H20O3. The van der Waals surface area contributed by atoms with E-state index in [0.717, 1.165) is 22.4 Å². The minimum atomic E-state index is -0.553. The molecule has 2 rings (SSSR count). The zero-order valence-corrected chi connectivity index (χ0v) is 12.1. The van der Waals surface area contributed by atoms with E-state index in [2.05, 4.69) is 0 Å². The van der Waals surface area contributed by atoms with Gasteiger partial charge in [-0.3, -0.25) is 0 Å². The van der Waals surface area contributed by atoms with Crippen LogP contribution >= 0.6 is 0 Å². The highest BCUT2D eigenvalue weighted by Gasteiger charge is 2.10. The SMILES string of the molecule is COc1ccccc1COc1cc(C)ccc1[C@@H](C)O. The summed E-state index contributed by atoms with van der Waals surface area (Å²) in [6.45, 7) is 4.15. The van der Waals surface area contributed by atoms with Gasteiger partial charge < -0.3 is 14.6 Å². The summed E-state index contributed by atoms with van der Waals surface area (Å²) in [6, 6.07) is 13.6. The van der Waals surface area contributed by atoms with Crippen molar-refractivity contribution in [2.45, 2.75) is 26.6 Å². The Morgan fingerprint density at radius 1 is 1.10 bits per heavy atom. The van der Waals surface area contributed by atoms with Gasteiger partial charge in [0.2, 0.25) is 0 Å². The molecule has 1 N–H and O–H groups in total. The lowest BCUT2D eigenvalue weighted by Gasteiger charge is -2.15. The lowest BCUT2D eigenvalue weighted by atomic mass is 10.1. The standard InChI is InChI=1S/C17H20O3/c1-12-8-9-15(13(2)18)17(10-12)20-11-14-6-4-5-7-16(14)19-3/h4-10,13,18H,11H2,1-3H3/t13-/m1/s1. The van der Waals surface area contributed by atoms with Gasteiger partial charge in [-0.05, 0) is 31.5 Å². The van der Waals surface area contributed by atoms with Crippen LogP contribution in [0.3, 0.4) is 0 Å². The molecule has 0 radical (unpaired) electrons. The van der Waals surface area contributed by atoms with E-state index >= 15 is 0 Å². The Morgan fingerprint density at radius 2 is 1.85 bits per heavy atom. The van der Waals surface area contributed by atoms with Crippen LogP contribution < -0.4 is 9.47 Å². The average molecular weight is 272 g/mol. The van der Waals surface area contributed by atoms with Crippen LogP contribution in [0.2, 0.25) is 0 Å². The number of benzene rings is 2. The van der Waals surface area contributed by atoms with Gasteiger partial charge in [0.15, 0.2) is 0 Å². The molecule has 3 nitrogen and oxygen atoms in total. The molecule has 0 saturated carbocycles. The van der Waals surface area contributed by atoms with E-state index < -0.39 is 6.10 Å². The van der Waals surface area contributed by atoms with E-state index in [4.69, 9.17) is 9.47 Å². The molecule has 0 bridgehead atoms. The van der Waals surface area contributed by atoms with E-state index in [9.17, 15) is 5.11 Å². The number of aliphatic hydroxyl groups excluding tert-OH is 1. The molecular weight excluding hydrogens is 252 g/mol. The fourth-order valence-corrected chi connectivity index (χ4v) is 2.09. The van der Waals surface area contributed by atoms with Crippen molar-refractivity contribution in [3.8, 4) is 11.5 Å². The first kappa shape index (κ1) is 14.4. The Morgan fingerprint density at radius 3 is 2.55 bits per heavy atom. The molecule has 0 saturated heterocycles. The Hall–Kier alpha value is -2.00. The van der Waals surface area contributed by atoms with Gasteiger partial charge in [0.1, 0.15) is 18.1 Å². The first-order valence-electron chi connectivity index (χ1n) is 6.65. The van der Waals surface area contributed by atoms with Crippen molar-refractivity contribution in [3.63, 3.8) is 0 Å². The van der Waals surface area contributed by atoms with E-state index in [1.54, 1.807) is 14.0 Å². The first-order chi connectivity index (χ1) is 9.61. The summed E-state index contributed by atoms with van der Waals surface area (Å²) in [6.07, 6.45) is -0.553. The van der Waals surface area contributed by atoms with Crippen LogP contribution in [0.1, 0.15) is 29.7 Å². The minimum Gasteiger partial charge on any atom is -0.496 e. The maximum Gasteiger partial charge on any atom is 0.125 e. The Bertz CT molecular complexity index is 576. The number of ether oxygens (including phenoxy) is 2. The number of para-hydroxylation sites is 1. The fourth-order valence-electron chi connectivity index (χ4n) is 2.09. The van der Waals surface area contributed by atoms with E-state index in [1.807, 2.05) is 49.4 Å². The molecule has 106 valence electrons. The molecule has 0 amide bonds. The van der Waals surface area contributed by atoms with E-state index in [0.29, 0.717) is 12.4 Å². The van der Waals surface area contributed by atoms with Gasteiger partial charge in [-0.15, -0.1) is 0 Å². The predicted molar refractivity (Wildman–Crippen MR) is 79.1 cm³/mol. The molecule has 0 spiro atoms. The van der Waals surface area contributed by atoms with Crippen LogP contribution in [-0.2, 0) is 6.61 Å². The summed E-state index contributed by atoms with van der Waals surface area (Å²) in [7, 11) is 1.65. The highest BCUT2D eigenvalue weighted by molar-refractivity contribution is 5.39. The normalized spacial score (nSPS) is 12.0. The molecule has 0 aliphatic rings. The minimum absolute atomic E-state index is 0.410. The number of hydrogen-bond donors (Lipinski definition) is 1. The molecule has 0 aliphatic carbocycles. The van der Waals surface area contributed by atoms with Crippen LogP contribution in [0.5, 0.6) is 11.5 Å². The zero-order valence-electron chi connectivity index (χ0n) is 12.1. The highest BCUT2D eigenvalue weighted by Crippen LogP contribution is 2.28. The second-order valence-corrected chi connectivity index (χ2v) is 4.82. The third-order valence-corrected chi connectivity index (χ3v) is 3.19. The summed E-state index contributed by atoms with van der Waals surface area (Å²) >= 11 is 0. The Labute approximate surface area is 119 Å². The maximum atomic E-state index is 9.79. The first-order valence-corrected chi connectivity index (χ1v) is 6.65. The number of rotatable bonds is 5. The number of hydrogen-bond acceptors (Lipinski definition) is 3. The van der Waals surface area contributed by atoms with E-state index in [-0.39, 0.29) is 0 Å². The summed E-state index contributed by atoms with van der Waals surface area (Å²) < 4.78 is 11.2. The van der Waals surface area contributed by atoms with Gasteiger partial charge in [0.05, 0.1) is 13.2 Å². The summed E-state index contributed by atoms with van der Waals surface area (Å²) in [4.78, 5) is 0. The molecule has 2 aromatic rings. The Kier molecular flexibility index (Phi) is 4.64. The predicted octanol–water partition coefficient (Wildman–Crippen LogP) is 3.64. The molecule has 1 atom stereocenters. The van der Waals surface area contributed by atoms with Gasteiger partial charge in [-0.1, -0.05) is 30.3 Å². The van der Waals surface area contributed by atoms with Crippen LogP contribution in [0.15, 0.2) is 42.5 Å². The molecule has 3 heteroatoms. The quantitative estimate of drug-likeness (QED) is 0.903. The third-order valence-electron chi connectivity index (χ3n) is 3.19. The van der Waals surface area contributed by atoms with Crippen molar-refractivity contribution in [2.75, 3.05) is 7.11 Å². The maximum absolute atomic E-state index is 9.79. The second kappa shape index (κ2) is 6.44. The van der Waals surface area contributed by atoms with Crippen molar-refractivity contribution in [3.05, 3.63) is 59.2 Å². The molecule has 0 aromatic heterocycles. The second-order valence-electron chi connectivity index (χ2n) is 4.82. The molecule has 0 aliphatic heterocycles. The molecule has 20 heavy (non-hydrogen) atoms. The number of aliphatic hydroxyl groups is 1. The van der Waals surface area contributed by atoms with Gasteiger partial charge in [0, 0.05) is 11.1 Å². The zero-order chi connectivity index (χ0) is 14.5. The molecule has 0 heterocycles. The largest absolute Gasteiger partial charge is 0.496 e. The highest BCUT2D eigenvalue weighted by atomic mass is 16.5. The van der Waals surface area contributed by atoms with Gasteiger partial charge in [0.25, 0.3) is 0 Å². The average Bonchev–Trinajstić information content (AvgIpc) is 2.45. The van der Waals surface area contributed by atoms with Crippen molar-refractivity contribution in [1.29, 1.82) is 0 Å². The lowest BCUT2D eigenvalue weighted by molar-refractivity contribution is 0.190.